The number of hydrogen-bond donors (Lipinski definition) is 0. The number of hydrogen-bond acceptors (Lipinski definition) is 4. The lowest BCUT2D eigenvalue weighted by atomic mass is 10.1. The summed E-state index contributed by atoms with van der Waals surface area (Å²) in [7, 11) is 1.65. The second-order valence-corrected chi connectivity index (χ2v) is 5.57. The topological polar surface area (TPSA) is 36.9 Å². The minimum absolute atomic E-state index is 0.0330. The van der Waals surface area contributed by atoms with Gasteiger partial charge in [0.15, 0.2) is 12.6 Å². The van der Waals surface area contributed by atoms with Crippen LogP contribution in [0.15, 0.2) is 0 Å². The van der Waals surface area contributed by atoms with Crippen LogP contribution < -0.4 is 0 Å². The molecule has 2 saturated heterocycles. The maximum absolute atomic E-state index is 5.90. The van der Waals surface area contributed by atoms with Gasteiger partial charge in [-0.1, -0.05) is 36.4 Å². The van der Waals surface area contributed by atoms with Crippen LogP contribution in [0.1, 0.15) is 20.3 Å². The average molecular weight is 342 g/mol. The number of ether oxygens (including phenoxy) is 4. The molecule has 2 aliphatic heterocycles. The monoisotopic (exact) mass is 342 g/mol. The molecule has 0 aromatic rings. The molecule has 2 heterocycles. The molecule has 4 nitrogen and oxygen atoms in total. The first-order valence-corrected chi connectivity index (χ1v) is 7.23. The van der Waals surface area contributed by atoms with Crippen LogP contribution in [0, 0.1) is 5.92 Å². The van der Waals surface area contributed by atoms with Gasteiger partial charge < -0.3 is 18.9 Å². The van der Waals surface area contributed by atoms with Gasteiger partial charge in [-0.05, 0) is 5.92 Å². The van der Waals surface area contributed by atoms with Crippen LogP contribution in [-0.4, -0.2) is 42.4 Å². The van der Waals surface area contributed by atoms with Gasteiger partial charge in [-0.15, -0.1) is 0 Å². The quantitative estimate of drug-likeness (QED) is 0.578. The minimum Gasteiger partial charge on any atom is -0.353 e. The summed E-state index contributed by atoms with van der Waals surface area (Å²) in [5.41, 5.74) is 0. The van der Waals surface area contributed by atoms with E-state index in [4.69, 9.17) is 18.9 Å². The summed E-state index contributed by atoms with van der Waals surface area (Å²) < 4.78 is 23.6. The zero-order valence-corrected chi connectivity index (χ0v) is 12.0. The molecule has 94 valence electrons. The average Bonchev–Trinajstić information content (AvgIpc) is 2.74. The zero-order chi connectivity index (χ0) is 11.7. The molecule has 5 heteroatoms. The molecule has 0 aromatic heterocycles. The summed E-state index contributed by atoms with van der Waals surface area (Å²) in [4.78, 5) is 0. The summed E-state index contributed by atoms with van der Waals surface area (Å²) in [6.07, 6.45) is 0.618. The first-order chi connectivity index (χ1) is 7.65. The van der Waals surface area contributed by atoms with Crippen molar-refractivity contribution in [1.82, 2.24) is 0 Å². The van der Waals surface area contributed by atoms with E-state index in [1.165, 1.54) is 0 Å². The van der Waals surface area contributed by atoms with Gasteiger partial charge in [0, 0.05) is 18.0 Å². The van der Waals surface area contributed by atoms with Crippen LogP contribution in [-0.2, 0) is 18.9 Å². The van der Waals surface area contributed by atoms with Gasteiger partial charge in [0.1, 0.15) is 12.2 Å². The predicted molar refractivity (Wildman–Crippen MR) is 67.5 cm³/mol. The molecule has 0 aliphatic carbocycles. The van der Waals surface area contributed by atoms with Gasteiger partial charge in [0.25, 0.3) is 0 Å². The molecule has 0 aromatic carbocycles. The Hall–Kier alpha value is 0.570. The van der Waals surface area contributed by atoms with Crippen molar-refractivity contribution < 1.29 is 18.9 Å². The molecule has 2 aliphatic rings. The number of fused-ring (bicyclic) bond motifs is 1. The molecule has 0 bridgehead atoms. The Morgan fingerprint density at radius 1 is 1.19 bits per heavy atom. The van der Waals surface area contributed by atoms with Crippen LogP contribution in [0.5, 0.6) is 0 Å². The van der Waals surface area contributed by atoms with Crippen LogP contribution in [0.2, 0.25) is 0 Å². The Morgan fingerprint density at radius 3 is 2.44 bits per heavy atom. The minimum atomic E-state index is -0.276. The lowest BCUT2D eigenvalue weighted by molar-refractivity contribution is -0.193. The first kappa shape index (κ1) is 13.0. The Bertz CT molecular complexity index is 218. The van der Waals surface area contributed by atoms with Crippen molar-refractivity contribution in [2.45, 2.75) is 51.2 Å². The van der Waals surface area contributed by atoms with E-state index in [0.717, 1.165) is 10.8 Å². The fourth-order valence-electron chi connectivity index (χ4n) is 2.19. The lowest BCUT2D eigenvalue weighted by Crippen LogP contribution is -2.30. The molecule has 0 radical (unpaired) electrons. The van der Waals surface area contributed by atoms with Crippen LogP contribution in [0.3, 0.4) is 0 Å². The second-order valence-electron chi connectivity index (χ2n) is 4.69. The third-order valence-corrected chi connectivity index (χ3v) is 3.80. The van der Waals surface area contributed by atoms with E-state index in [1.807, 2.05) is 0 Å². The van der Waals surface area contributed by atoms with Crippen LogP contribution >= 0.6 is 22.6 Å². The van der Waals surface area contributed by atoms with E-state index in [1.54, 1.807) is 7.11 Å². The van der Waals surface area contributed by atoms with Crippen LogP contribution in [0.4, 0.5) is 0 Å². The maximum Gasteiger partial charge on any atom is 0.186 e. The fraction of sp³-hybridized carbons (Fsp3) is 1.00. The molecule has 0 amide bonds. The summed E-state index contributed by atoms with van der Waals surface area (Å²) in [5, 5.41) is 0. The van der Waals surface area contributed by atoms with E-state index in [0.29, 0.717) is 5.92 Å². The summed E-state index contributed by atoms with van der Waals surface area (Å²) in [6.45, 7) is 4.34. The number of alkyl halides is 1. The number of halogens is 1. The van der Waals surface area contributed by atoms with Gasteiger partial charge in [0.2, 0.25) is 0 Å². The van der Waals surface area contributed by atoms with Crippen molar-refractivity contribution in [1.29, 1.82) is 0 Å². The van der Waals surface area contributed by atoms with Crippen molar-refractivity contribution in [3.05, 3.63) is 0 Å². The fourth-order valence-corrected chi connectivity index (χ4v) is 2.90. The molecule has 0 unspecified atom stereocenters. The Balaban J connectivity index is 1.97. The SMILES string of the molecule is CO[C@@H]1O[C@H](CI)[C@H]2O[C@H](CC(C)C)O[C@@H]12. The summed E-state index contributed by atoms with van der Waals surface area (Å²) in [6, 6.07) is 0. The second kappa shape index (κ2) is 5.48. The van der Waals surface area contributed by atoms with E-state index in [9.17, 15) is 0 Å². The summed E-state index contributed by atoms with van der Waals surface area (Å²) in [5.74, 6) is 0.573. The molecule has 5 atom stereocenters. The van der Waals surface area contributed by atoms with Gasteiger partial charge in [0.05, 0.1) is 6.10 Å². The van der Waals surface area contributed by atoms with E-state index < -0.39 is 0 Å². The predicted octanol–water partition coefficient (Wildman–Crippen LogP) is 1.95. The first-order valence-electron chi connectivity index (χ1n) is 5.70. The van der Waals surface area contributed by atoms with Crippen molar-refractivity contribution >= 4 is 22.6 Å². The Morgan fingerprint density at radius 2 is 1.88 bits per heavy atom. The van der Waals surface area contributed by atoms with Gasteiger partial charge in [-0.25, -0.2) is 0 Å². The summed E-state index contributed by atoms with van der Waals surface area (Å²) >= 11 is 2.31. The van der Waals surface area contributed by atoms with Gasteiger partial charge >= 0.3 is 0 Å². The highest BCUT2D eigenvalue weighted by molar-refractivity contribution is 14.1. The van der Waals surface area contributed by atoms with E-state index in [-0.39, 0.29) is 30.9 Å². The maximum atomic E-state index is 5.90. The van der Waals surface area contributed by atoms with Gasteiger partial charge in [-0.2, -0.15) is 0 Å². The van der Waals surface area contributed by atoms with Crippen molar-refractivity contribution in [3.8, 4) is 0 Å². The van der Waals surface area contributed by atoms with E-state index >= 15 is 0 Å². The standard InChI is InChI=1S/C11H19IO4/c1-6(2)4-8-15-9-7(5-12)14-11(13-3)10(9)16-8/h6-11H,4-5H2,1-3H3/t7-,8+,9-,10-,11-/m1/s1. The van der Waals surface area contributed by atoms with Crippen molar-refractivity contribution in [3.63, 3.8) is 0 Å². The largest absolute Gasteiger partial charge is 0.353 e. The highest BCUT2D eigenvalue weighted by Gasteiger charge is 2.52. The lowest BCUT2D eigenvalue weighted by Gasteiger charge is -2.19. The third kappa shape index (κ3) is 2.53. The van der Waals surface area contributed by atoms with E-state index in [2.05, 4.69) is 36.4 Å². The number of rotatable bonds is 4. The molecule has 2 rings (SSSR count). The highest BCUT2D eigenvalue weighted by Crippen LogP contribution is 2.36. The van der Waals surface area contributed by atoms with Crippen LogP contribution in [0.25, 0.3) is 0 Å². The third-order valence-electron chi connectivity index (χ3n) is 2.93. The Labute approximate surface area is 110 Å². The molecular weight excluding hydrogens is 323 g/mol. The zero-order valence-electron chi connectivity index (χ0n) is 9.89. The molecule has 0 spiro atoms. The molecular formula is C11H19IO4. The van der Waals surface area contributed by atoms with Gasteiger partial charge in [-0.3, -0.25) is 0 Å². The normalized spacial score (nSPS) is 42.9. The molecule has 16 heavy (non-hydrogen) atoms. The molecule has 0 N–H and O–H groups in total. The highest BCUT2D eigenvalue weighted by atomic mass is 127. The number of methoxy groups -OCH3 is 1. The molecule has 2 fully saturated rings. The van der Waals surface area contributed by atoms with Crippen molar-refractivity contribution in [2.75, 3.05) is 11.5 Å². The van der Waals surface area contributed by atoms with Crippen molar-refractivity contribution in [2.24, 2.45) is 5.92 Å². The Kier molecular flexibility index (Phi) is 4.45. The molecule has 0 saturated carbocycles. The smallest absolute Gasteiger partial charge is 0.186 e.